The standard InChI is InChI=1S/C12H13N3O3S2/c1-18-10(16)4-2-3-8-6-19-12(14-8)15-11(17)9-5-13-7-20-9/h5-7H,2-4H2,1H3,(H,14,15,17). The van der Waals surface area contributed by atoms with Gasteiger partial charge in [-0.3, -0.25) is 19.9 Å². The summed E-state index contributed by atoms with van der Waals surface area (Å²) in [6.07, 6.45) is 3.25. The van der Waals surface area contributed by atoms with Crippen LogP contribution in [0.25, 0.3) is 0 Å². The number of nitrogens with zero attached hydrogens (tertiary/aromatic N) is 2. The van der Waals surface area contributed by atoms with Crippen molar-refractivity contribution >= 4 is 39.7 Å². The Hall–Kier alpha value is -1.80. The molecule has 0 aromatic carbocycles. The molecule has 0 aliphatic heterocycles. The van der Waals surface area contributed by atoms with Gasteiger partial charge in [0.25, 0.3) is 5.91 Å². The molecule has 2 aromatic rings. The van der Waals surface area contributed by atoms with Crippen LogP contribution in [-0.4, -0.2) is 29.0 Å². The van der Waals surface area contributed by atoms with Crippen molar-refractivity contribution in [3.05, 3.63) is 27.7 Å². The van der Waals surface area contributed by atoms with Crippen LogP contribution in [0.15, 0.2) is 17.1 Å². The first-order valence-corrected chi connectivity index (χ1v) is 7.66. The Bertz CT molecular complexity index is 581. The number of methoxy groups -OCH3 is 1. The lowest BCUT2D eigenvalue weighted by Gasteiger charge is -1.98. The molecular formula is C12H13N3O3S2. The first kappa shape index (κ1) is 14.6. The quantitative estimate of drug-likeness (QED) is 0.828. The van der Waals surface area contributed by atoms with Crippen molar-refractivity contribution in [3.8, 4) is 0 Å². The number of carbonyl (C=O) groups is 2. The molecule has 0 spiro atoms. The summed E-state index contributed by atoms with van der Waals surface area (Å²) in [5, 5.41) is 5.15. The van der Waals surface area contributed by atoms with E-state index in [-0.39, 0.29) is 11.9 Å². The number of thiazole rings is 2. The molecule has 0 unspecified atom stereocenters. The number of aromatic nitrogens is 2. The Balaban J connectivity index is 1.83. The molecule has 2 rings (SSSR count). The lowest BCUT2D eigenvalue weighted by atomic mass is 10.2. The van der Waals surface area contributed by atoms with E-state index in [4.69, 9.17) is 0 Å². The number of aryl methyl sites for hydroxylation is 1. The SMILES string of the molecule is COC(=O)CCCc1csc(NC(=O)c2cncs2)n1. The summed E-state index contributed by atoms with van der Waals surface area (Å²) < 4.78 is 4.57. The normalized spacial score (nSPS) is 10.2. The molecule has 0 aliphatic carbocycles. The average Bonchev–Trinajstić information content (AvgIpc) is 3.10. The van der Waals surface area contributed by atoms with Crippen molar-refractivity contribution in [3.63, 3.8) is 0 Å². The molecule has 0 saturated heterocycles. The molecule has 0 radical (unpaired) electrons. The van der Waals surface area contributed by atoms with Crippen LogP contribution in [0.2, 0.25) is 0 Å². The van der Waals surface area contributed by atoms with Gasteiger partial charge in [0, 0.05) is 11.8 Å². The first-order chi connectivity index (χ1) is 9.69. The zero-order valence-corrected chi connectivity index (χ0v) is 12.4. The highest BCUT2D eigenvalue weighted by molar-refractivity contribution is 7.14. The number of rotatable bonds is 6. The van der Waals surface area contributed by atoms with Gasteiger partial charge in [-0.1, -0.05) is 0 Å². The number of ether oxygens (including phenoxy) is 1. The van der Waals surface area contributed by atoms with E-state index in [1.54, 1.807) is 5.51 Å². The van der Waals surface area contributed by atoms with Crippen molar-refractivity contribution in [2.24, 2.45) is 0 Å². The van der Waals surface area contributed by atoms with E-state index in [0.717, 1.165) is 5.69 Å². The van der Waals surface area contributed by atoms with Crippen LogP contribution in [0, 0.1) is 0 Å². The van der Waals surface area contributed by atoms with Crippen LogP contribution in [0.5, 0.6) is 0 Å². The number of hydrogen-bond acceptors (Lipinski definition) is 7. The van der Waals surface area contributed by atoms with Gasteiger partial charge in [-0.2, -0.15) is 0 Å². The van der Waals surface area contributed by atoms with Gasteiger partial charge >= 0.3 is 5.97 Å². The van der Waals surface area contributed by atoms with Crippen LogP contribution in [0.1, 0.15) is 28.2 Å². The molecule has 0 fully saturated rings. The van der Waals surface area contributed by atoms with Gasteiger partial charge in [-0.15, -0.1) is 22.7 Å². The predicted octanol–water partition coefficient (Wildman–Crippen LogP) is 2.35. The zero-order chi connectivity index (χ0) is 14.4. The number of esters is 1. The van der Waals surface area contributed by atoms with E-state index >= 15 is 0 Å². The summed E-state index contributed by atoms with van der Waals surface area (Å²) in [5.74, 6) is -0.429. The maximum absolute atomic E-state index is 11.8. The molecule has 106 valence electrons. The Labute approximate surface area is 123 Å². The van der Waals surface area contributed by atoms with Crippen LogP contribution < -0.4 is 5.32 Å². The summed E-state index contributed by atoms with van der Waals surface area (Å²) in [4.78, 5) is 31.5. The Morgan fingerprint density at radius 3 is 2.95 bits per heavy atom. The highest BCUT2D eigenvalue weighted by atomic mass is 32.1. The Morgan fingerprint density at radius 2 is 2.25 bits per heavy atom. The molecule has 0 bridgehead atoms. The number of anilines is 1. The topological polar surface area (TPSA) is 81.2 Å². The second-order valence-corrected chi connectivity index (χ2v) is 5.64. The number of nitrogens with one attached hydrogen (secondary N) is 1. The number of carbonyl (C=O) groups excluding carboxylic acids is 2. The molecule has 0 atom stereocenters. The van der Waals surface area contributed by atoms with E-state index < -0.39 is 0 Å². The largest absolute Gasteiger partial charge is 0.469 e. The lowest BCUT2D eigenvalue weighted by Crippen LogP contribution is -2.09. The second kappa shape index (κ2) is 7.11. The summed E-state index contributed by atoms with van der Waals surface area (Å²) in [6, 6.07) is 0. The van der Waals surface area contributed by atoms with Gasteiger partial charge in [-0.05, 0) is 12.8 Å². The highest BCUT2D eigenvalue weighted by Gasteiger charge is 2.10. The summed E-state index contributed by atoms with van der Waals surface area (Å²) in [6.45, 7) is 0. The summed E-state index contributed by atoms with van der Waals surface area (Å²) in [7, 11) is 1.37. The van der Waals surface area contributed by atoms with Gasteiger partial charge in [0.1, 0.15) is 4.88 Å². The van der Waals surface area contributed by atoms with Gasteiger partial charge in [0.15, 0.2) is 5.13 Å². The molecular weight excluding hydrogens is 298 g/mol. The molecule has 2 heterocycles. The third-order valence-corrected chi connectivity index (χ3v) is 4.05. The minimum absolute atomic E-state index is 0.206. The summed E-state index contributed by atoms with van der Waals surface area (Å²) in [5.41, 5.74) is 2.47. The molecule has 8 heteroatoms. The van der Waals surface area contributed by atoms with Crippen molar-refractivity contribution in [2.45, 2.75) is 19.3 Å². The van der Waals surface area contributed by atoms with Crippen molar-refractivity contribution in [1.82, 2.24) is 9.97 Å². The highest BCUT2D eigenvalue weighted by Crippen LogP contribution is 2.18. The number of hydrogen-bond donors (Lipinski definition) is 1. The fourth-order valence-electron chi connectivity index (χ4n) is 1.48. The predicted molar refractivity (Wildman–Crippen MR) is 77.1 cm³/mol. The van der Waals surface area contributed by atoms with Gasteiger partial charge < -0.3 is 4.74 Å². The fourth-order valence-corrected chi connectivity index (χ4v) is 2.74. The molecule has 0 aliphatic rings. The van der Waals surface area contributed by atoms with E-state index in [9.17, 15) is 9.59 Å². The minimum Gasteiger partial charge on any atom is -0.469 e. The van der Waals surface area contributed by atoms with E-state index in [2.05, 4.69) is 20.0 Å². The van der Waals surface area contributed by atoms with Crippen LogP contribution >= 0.6 is 22.7 Å². The molecule has 1 amide bonds. The van der Waals surface area contributed by atoms with E-state index in [1.165, 1.54) is 36.0 Å². The van der Waals surface area contributed by atoms with E-state index in [1.807, 2.05) is 5.38 Å². The second-order valence-electron chi connectivity index (χ2n) is 3.89. The molecule has 20 heavy (non-hydrogen) atoms. The minimum atomic E-state index is -0.223. The maximum Gasteiger partial charge on any atom is 0.305 e. The molecule has 2 aromatic heterocycles. The van der Waals surface area contributed by atoms with Crippen molar-refractivity contribution in [1.29, 1.82) is 0 Å². The Kier molecular flexibility index (Phi) is 5.19. The van der Waals surface area contributed by atoms with Crippen LogP contribution in [-0.2, 0) is 16.0 Å². The lowest BCUT2D eigenvalue weighted by molar-refractivity contribution is -0.140. The van der Waals surface area contributed by atoms with Crippen LogP contribution in [0.3, 0.4) is 0 Å². The maximum atomic E-state index is 11.8. The third-order valence-electron chi connectivity index (χ3n) is 2.47. The van der Waals surface area contributed by atoms with Crippen molar-refractivity contribution < 1.29 is 14.3 Å². The van der Waals surface area contributed by atoms with Gasteiger partial charge in [-0.25, -0.2) is 4.98 Å². The molecule has 6 nitrogen and oxygen atoms in total. The smallest absolute Gasteiger partial charge is 0.305 e. The monoisotopic (exact) mass is 311 g/mol. The summed E-state index contributed by atoms with van der Waals surface area (Å²) >= 11 is 2.64. The zero-order valence-electron chi connectivity index (χ0n) is 10.8. The third kappa shape index (κ3) is 4.10. The van der Waals surface area contributed by atoms with E-state index in [0.29, 0.717) is 29.3 Å². The molecule has 1 N–H and O–H groups in total. The molecule has 0 saturated carbocycles. The average molecular weight is 311 g/mol. The van der Waals surface area contributed by atoms with Gasteiger partial charge in [0.2, 0.25) is 0 Å². The van der Waals surface area contributed by atoms with Gasteiger partial charge in [0.05, 0.1) is 24.5 Å². The van der Waals surface area contributed by atoms with Crippen LogP contribution in [0.4, 0.5) is 5.13 Å². The number of amides is 1. The van der Waals surface area contributed by atoms with Crippen molar-refractivity contribution in [2.75, 3.05) is 12.4 Å². The first-order valence-electron chi connectivity index (χ1n) is 5.90. The Morgan fingerprint density at radius 1 is 1.40 bits per heavy atom. The fraction of sp³-hybridized carbons (Fsp3) is 0.333.